The first-order chi connectivity index (χ1) is 9.91. The Morgan fingerprint density at radius 1 is 1.14 bits per heavy atom. The summed E-state index contributed by atoms with van der Waals surface area (Å²) in [6, 6.07) is 5.82. The highest BCUT2D eigenvalue weighted by Crippen LogP contribution is 2.32. The second-order valence-corrected chi connectivity index (χ2v) is 3.98. The maximum atomic E-state index is 11.4. The maximum absolute atomic E-state index is 11.4. The smallest absolute Gasteiger partial charge is 0.295 e. The molecule has 1 aromatic heterocycles. The molecule has 2 aromatic rings. The van der Waals surface area contributed by atoms with Crippen LogP contribution in [0.4, 0.5) is 11.4 Å². The number of aromatic nitrogens is 1. The van der Waals surface area contributed by atoms with Crippen LogP contribution in [0.3, 0.4) is 0 Å². The SMILES string of the molecule is NC(=O)c1ccc([N+](=O)[O-])cc1-c1ncccc1[N+](=O)[O-]. The lowest BCUT2D eigenvalue weighted by Crippen LogP contribution is -2.13. The molecule has 106 valence electrons. The van der Waals surface area contributed by atoms with Crippen molar-refractivity contribution < 1.29 is 14.6 Å². The molecule has 1 amide bonds. The summed E-state index contributed by atoms with van der Waals surface area (Å²) in [5, 5.41) is 21.8. The number of carbonyl (C=O) groups excluding carboxylic acids is 1. The highest BCUT2D eigenvalue weighted by atomic mass is 16.6. The van der Waals surface area contributed by atoms with Crippen LogP contribution in [0, 0.1) is 20.2 Å². The van der Waals surface area contributed by atoms with E-state index in [0.29, 0.717) is 0 Å². The lowest BCUT2D eigenvalue weighted by atomic mass is 10.0. The summed E-state index contributed by atoms with van der Waals surface area (Å²) in [7, 11) is 0. The Labute approximate surface area is 117 Å². The van der Waals surface area contributed by atoms with Gasteiger partial charge >= 0.3 is 0 Å². The van der Waals surface area contributed by atoms with Crippen LogP contribution in [-0.2, 0) is 0 Å². The number of nitrogens with zero attached hydrogens (tertiary/aromatic N) is 3. The van der Waals surface area contributed by atoms with Crippen LogP contribution in [0.5, 0.6) is 0 Å². The molecular weight excluding hydrogens is 280 g/mol. The van der Waals surface area contributed by atoms with E-state index in [2.05, 4.69) is 4.98 Å². The van der Waals surface area contributed by atoms with Gasteiger partial charge in [-0.1, -0.05) is 0 Å². The molecule has 0 saturated heterocycles. The van der Waals surface area contributed by atoms with Gasteiger partial charge < -0.3 is 5.73 Å². The van der Waals surface area contributed by atoms with Crippen molar-refractivity contribution in [2.24, 2.45) is 5.73 Å². The number of benzene rings is 1. The molecule has 0 unspecified atom stereocenters. The van der Waals surface area contributed by atoms with E-state index in [0.717, 1.165) is 18.2 Å². The van der Waals surface area contributed by atoms with Crippen LogP contribution in [0.25, 0.3) is 11.3 Å². The largest absolute Gasteiger partial charge is 0.366 e. The Kier molecular flexibility index (Phi) is 3.57. The Morgan fingerprint density at radius 3 is 2.43 bits per heavy atom. The van der Waals surface area contributed by atoms with Crippen molar-refractivity contribution in [2.75, 3.05) is 0 Å². The highest BCUT2D eigenvalue weighted by molar-refractivity contribution is 6.00. The third-order valence-corrected chi connectivity index (χ3v) is 2.72. The van der Waals surface area contributed by atoms with Crippen molar-refractivity contribution in [2.45, 2.75) is 0 Å². The molecule has 2 N–H and O–H groups in total. The molecule has 0 spiro atoms. The number of nitro groups is 2. The van der Waals surface area contributed by atoms with Crippen LogP contribution >= 0.6 is 0 Å². The number of primary amides is 1. The molecule has 21 heavy (non-hydrogen) atoms. The third kappa shape index (κ3) is 2.66. The zero-order valence-electron chi connectivity index (χ0n) is 10.4. The molecule has 0 bridgehead atoms. The molecular formula is C12H8N4O5. The normalized spacial score (nSPS) is 10.1. The number of hydrogen-bond donors (Lipinski definition) is 1. The summed E-state index contributed by atoms with van der Waals surface area (Å²) in [6.45, 7) is 0. The fourth-order valence-electron chi connectivity index (χ4n) is 1.81. The zero-order valence-corrected chi connectivity index (χ0v) is 10.4. The molecule has 9 heteroatoms. The first-order valence-electron chi connectivity index (χ1n) is 5.60. The second-order valence-electron chi connectivity index (χ2n) is 3.98. The summed E-state index contributed by atoms with van der Waals surface area (Å²) < 4.78 is 0. The Bertz CT molecular complexity index is 759. The quantitative estimate of drug-likeness (QED) is 0.669. The van der Waals surface area contributed by atoms with E-state index in [1.54, 1.807) is 0 Å². The van der Waals surface area contributed by atoms with E-state index in [1.807, 2.05) is 0 Å². The van der Waals surface area contributed by atoms with Crippen LogP contribution in [0.1, 0.15) is 10.4 Å². The molecule has 0 saturated carbocycles. The average molecular weight is 288 g/mol. The fourth-order valence-corrected chi connectivity index (χ4v) is 1.81. The zero-order chi connectivity index (χ0) is 15.6. The molecule has 0 radical (unpaired) electrons. The number of nitrogens with two attached hydrogens (primary N) is 1. The van der Waals surface area contributed by atoms with Crippen molar-refractivity contribution in [1.82, 2.24) is 4.98 Å². The minimum atomic E-state index is -0.861. The maximum Gasteiger partial charge on any atom is 0.295 e. The van der Waals surface area contributed by atoms with Gasteiger partial charge in [0.2, 0.25) is 5.91 Å². The monoisotopic (exact) mass is 288 g/mol. The van der Waals surface area contributed by atoms with Crippen LogP contribution in [-0.4, -0.2) is 20.7 Å². The van der Waals surface area contributed by atoms with Gasteiger partial charge in [-0.2, -0.15) is 0 Å². The second kappa shape index (κ2) is 5.33. The standard InChI is InChI=1S/C12H8N4O5/c13-12(17)8-4-3-7(15(18)19)6-9(8)11-10(16(20)21)2-1-5-14-11/h1-6H,(H2,13,17). The predicted octanol–water partition coefficient (Wildman–Crippen LogP) is 1.66. The van der Waals surface area contributed by atoms with Crippen LogP contribution in [0.15, 0.2) is 36.5 Å². The third-order valence-electron chi connectivity index (χ3n) is 2.72. The first-order valence-corrected chi connectivity index (χ1v) is 5.60. The number of amides is 1. The summed E-state index contributed by atoms with van der Waals surface area (Å²) in [5.41, 5.74) is 4.21. The number of carbonyl (C=O) groups is 1. The summed E-state index contributed by atoms with van der Waals surface area (Å²) in [6.07, 6.45) is 1.28. The van der Waals surface area contributed by atoms with Crippen molar-refractivity contribution in [3.8, 4) is 11.3 Å². The van der Waals surface area contributed by atoms with Gasteiger partial charge in [0.15, 0.2) is 0 Å². The summed E-state index contributed by atoms with van der Waals surface area (Å²) in [4.78, 5) is 35.7. The van der Waals surface area contributed by atoms with Gasteiger partial charge in [0.25, 0.3) is 11.4 Å². The van der Waals surface area contributed by atoms with E-state index in [9.17, 15) is 25.0 Å². The van der Waals surface area contributed by atoms with E-state index in [1.165, 1.54) is 18.3 Å². The van der Waals surface area contributed by atoms with Gasteiger partial charge in [-0.15, -0.1) is 0 Å². The van der Waals surface area contributed by atoms with E-state index in [-0.39, 0.29) is 28.2 Å². The van der Waals surface area contributed by atoms with Gasteiger partial charge in [-0.25, -0.2) is 4.98 Å². The number of pyridine rings is 1. The Balaban J connectivity index is 2.78. The Morgan fingerprint density at radius 2 is 1.86 bits per heavy atom. The molecule has 0 aliphatic rings. The van der Waals surface area contributed by atoms with Gasteiger partial charge in [0.05, 0.1) is 9.85 Å². The Hall–Kier alpha value is -3.36. The fraction of sp³-hybridized carbons (Fsp3) is 0. The molecule has 0 aliphatic carbocycles. The van der Waals surface area contributed by atoms with Gasteiger partial charge in [-0.05, 0) is 12.1 Å². The van der Waals surface area contributed by atoms with Crippen LogP contribution in [0.2, 0.25) is 0 Å². The molecule has 1 heterocycles. The lowest BCUT2D eigenvalue weighted by molar-refractivity contribution is -0.385. The number of nitro benzene ring substituents is 1. The van der Waals surface area contributed by atoms with E-state index >= 15 is 0 Å². The molecule has 0 atom stereocenters. The molecule has 9 nitrogen and oxygen atoms in total. The molecule has 0 fully saturated rings. The van der Waals surface area contributed by atoms with Gasteiger partial charge in [0, 0.05) is 35.5 Å². The van der Waals surface area contributed by atoms with E-state index < -0.39 is 15.8 Å². The van der Waals surface area contributed by atoms with E-state index in [4.69, 9.17) is 5.73 Å². The van der Waals surface area contributed by atoms with Gasteiger partial charge in [-0.3, -0.25) is 25.0 Å². The average Bonchev–Trinajstić information content (AvgIpc) is 2.46. The number of non-ortho nitro benzene ring substituents is 1. The highest BCUT2D eigenvalue weighted by Gasteiger charge is 2.23. The number of rotatable bonds is 4. The molecule has 2 rings (SSSR count). The van der Waals surface area contributed by atoms with Crippen LogP contribution < -0.4 is 5.73 Å². The lowest BCUT2D eigenvalue weighted by Gasteiger charge is -2.06. The molecule has 0 aliphatic heterocycles. The topological polar surface area (TPSA) is 142 Å². The summed E-state index contributed by atoms with van der Waals surface area (Å²) in [5.74, 6) is -0.861. The first kappa shape index (κ1) is 14.1. The van der Waals surface area contributed by atoms with Crippen molar-refractivity contribution in [1.29, 1.82) is 0 Å². The minimum Gasteiger partial charge on any atom is -0.366 e. The van der Waals surface area contributed by atoms with Gasteiger partial charge in [0.1, 0.15) is 5.69 Å². The number of hydrogen-bond acceptors (Lipinski definition) is 6. The molecule has 1 aromatic carbocycles. The van der Waals surface area contributed by atoms with Crippen molar-refractivity contribution in [3.63, 3.8) is 0 Å². The minimum absolute atomic E-state index is 0.0519. The summed E-state index contributed by atoms with van der Waals surface area (Å²) >= 11 is 0. The predicted molar refractivity (Wildman–Crippen MR) is 71.5 cm³/mol. The van der Waals surface area contributed by atoms with Crippen molar-refractivity contribution >= 4 is 17.3 Å². The van der Waals surface area contributed by atoms with Crippen molar-refractivity contribution in [3.05, 3.63) is 62.3 Å².